The molecule has 76 valence electrons. The van der Waals surface area contributed by atoms with E-state index < -0.39 is 11.2 Å². The molecule has 0 aromatic heterocycles. The van der Waals surface area contributed by atoms with Gasteiger partial charge in [-0.25, -0.2) is 4.39 Å². The summed E-state index contributed by atoms with van der Waals surface area (Å²) in [5, 5.41) is 0. The van der Waals surface area contributed by atoms with Crippen LogP contribution in [0.5, 0.6) is 0 Å². The number of halogens is 1. The molecule has 0 amide bonds. The van der Waals surface area contributed by atoms with Gasteiger partial charge in [0.25, 0.3) is 0 Å². The fourth-order valence-corrected chi connectivity index (χ4v) is 2.42. The van der Waals surface area contributed by atoms with Crippen molar-refractivity contribution in [1.29, 1.82) is 0 Å². The van der Waals surface area contributed by atoms with Gasteiger partial charge in [-0.05, 0) is 19.4 Å². The molecule has 2 heteroatoms. The van der Waals surface area contributed by atoms with Gasteiger partial charge in [0.1, 0.15) is 5.67 Å². The molecule has 0 atom stereocenters. The van der Waals surface area contributed by atoms with Gasteiger partial charge < -0.3 is 5.73 Å². The lowest BCUT2D eigenvalue weighted by Crippen LogP contribution is -2.56. The molecule has 1 aromatic carbocycles. The molecule has 0 bridgehead atoms. The second-order valence-corrected chi connectivity index (χ2v) is 4.79. The molecular formula is C12H16FN. The molecule has 0 saturated heterocycles. The van der Waals surface area contributed by atoms with Crippen molar-refractivity contribution in [1.82, 2.24) is 0 Å². The molecule has 2 rings (SSSR count). The molecule has 0 heterocycles. The number of benzene rings is 1. The Morgan fingerprint density at radius 3 is 2.50 bits per heavy atom. The number of rotatable bonds is 1. The largest absolute Gasteiger partial charge is 0.321 e. The maximum Gasteiger partial charge on any atom is 0.112 e. The third kappa shape index (κ3) is 1.55. The molecule has 1 saturated carbocycles. The van der Waals surface area contributed by atoms with Crippen LogP contribution >= 0.6 is 0 Å². The summed E-state index contributed by atoms with van der Waals surface area (Å²) in [4.78, 5) is 0. The molecule has 2 N–H and O–H groups in total. The van der Waals surface area contributed by atoms with Crippen LogP contribution in [0.25, 0.3) is 0 Å². The first-order valence-electron chi connectivity index (χ1n) is 4.96. The zero-order valence-corrected chi connectivity index (χ0v) is 8.68. The number of hydrogen-bond acceptors (Lipinski definition) is 1. The molecule has 0 radical (unpaired) electrons. The van der Waals surface area contributed by atoms with Crippen LogP contribution in [0.2, 0.25) is 0 Å². The summed E-state index contributed by atoms with van der Waals surface area (Å²) in [5.74, 6) is 0. The predicted molar refractivity (Wildman–Crippen MR) is 55.8 cm³/mol. The summed E-state index contributed by atoms with van der Waals surface area (Å²) in [5.41, 5.74) is 6.87. The van der Waals surface area contributed by atoms with E-state index in [1.165, 1.54) is 5.56 Å². The molecule has 0 unspecified atom stereocenters. The second kappa shape index (κ2) is 2.80. The molecule has 1 aliphatic rings. The minimum atomic E-state index is -1.07. The number of hydrogen-bond donors (Lipinski definition) is 1. The summed E-state index contributed by atoms with van der Waals surface area (Å²) < 4.78 is 13.4. The van der Waals surface area contributed by atoms with Crippen LogP contribution in [0.3, 0.4) is 0 Å². The Bertz CT molecular complexity index is 349. The van der Waals surface area contributed by atoms with Crippen molar-refractivity contribution in [2.75, 3.05) is 0 Å². The quantitative estimate of drug-likeness (QED) is 0.729. The Labute approximate surface area is 84.1 Å². The Morgan fingerprint density at radius 1 is 1.36 bits per heavy atom. The Hall–Kier alpha value is -0.890. The summed E-state index contributed by atoms with van der Waals surface area (Å²) >= 11 is 0. The second-order valence-electron chi connectivity index (χ2n) is 4.79. The van der Waals surface area contributed by atoms with E-state index in [1.807, 2.05) is 25.1 Å². The van der Waals surface area contributed by atoms with E-state index in [-0.39, 0.29) is 0 Å². The fourth-order valence-electron chi connectivity index (χ4n) is 2.42. The van der Waals surface area contributed by atoms with Crippen LogP contribution in [-0.4, -0.2) is 5.67 Å². The van der Waals surface area contributed by atoms with Crippen LogP contribution < -0.4 is 5.73 Å². The number of aryl methyl sites for hydroxylation is 1. The SMILES string of the molecule is Cc1cccc(C2(N)CC(C)(F)C2)c1. The standard InChI is InChI=1S/C12H16FN/c1-9-4-3-5-10(6-9)12(14)7-11(2,13)8-12/h3-6H,7-8,14H2,1-2H3. The van der Waals surface area contributed by atoms with Crippen molar-refractivity contribution >= 4 is 0 Å². The zero-order chi connectivity index (χ0) is 10.4. The highest BCUT2D eigenvalue weighted by Crippen LogP contribution is 2.48. The minimum absolute atomic E-state index is 0.434. The van der Waals surface area contributed by atoms with Gasteiger partial charge in [-0.3, -0.25) is 0 Å². The van der Waals surface area contributed by atoms with Gasteiger partial charge in [-0.1, -0.05) is 29.8 Å². The van der Waals surface area contributed by atoms with Crippen molar-refractivity contribution in [3.8, 4) is 0 Å². The van der Waals surface area contributed by atoms with E-state index in [2.05, 4.69) is 6.07 Å². The summed E-state index contributed by atoms with van der Waals surface area (Å²) in [7, 11) is 0. The van der Waals surface area contributed by atoms with Crippen LogP contribution in [0, 0.1) is 6.92 Å². The monoisotopic (exact) mass is 193 g/mol. The van der Waals surface area contributed by atoms with Gasteiger partial charge in [-0.15, -0.1) is 0 Å². The van der Waals surface area contributed by atoms with Crippen molar-refractivity contribution in [2.24, 2.45) is 5.73 Å². The maximum absolute atomic E-state index is 13.4. The van der Waals surface area contributed by atoms with Gasteiger partial charge in [0.05, 0.1) is 0 Å². The first kappa shape index (κ1) is 9.66. The van der Waals surface area contributed by atoms with Crippen LogP contribution in [0.15, 0.2) is 24.3 Å². The third-order valence-corrected chi connectivity index (χ3v) is 2.96. The molecule has 1 fully saturated rings. The van der Waals surface area contributed by atoms with E-state index in [0.29, 0.717) is 12.8 Å². The van der Waals surface area contributed by atoms with Gasteiger partial charge in [0, 0.05) is 18.4 Å². The number of alkyl halides is 1. The lowest BCUT2D eigenvalue weighted by atomic mass is 9.64. The fraction of sp³-hybridized carbons (Fsp3) is 0.500. The van der Waals surface area contributed by atoms with E-state index in [1.54, 1.807) is 6.92 Å². The van der Waals surface area contributed by atoms with Crippen molar-refractivity contribution in [3.63, 3.8) is 0 Å². The predicted octanol–water partition coefficient (Wildman–Crippen LogP) is 2.67. The molecular weight excluding hydrogens is 177 g/mol. The highest BCUT2D eigenvalue weighted by molar-refractivity contribution is 5.32. The minimum Gasteiger partial charge on any atom is -0.321 e. The van der Waals surface area contributed by atoms with Crippen molar-refractivity contribution < 1.29 is 4.39 Å². The van der Waals surface area contributed by atoms with Crippen LogP contribution in [0.4, 0.5) is 4.39 Å². The lowest BCUT2D eigenvalue weighted by molar-refractivity contribution is 0.00129. The normalized spacial score (nSPS) is 36.6. The Morgan fingerprint density at radius 2 is 2.00 bits per heavy atom. The van der Waals surface area contributed by atoms with Crippen LogP contribution in [-0.2, 0) is 5.54 Å². The van der Waals surface area contributed by atoms with Gasteiger partial charge in [0.2, 0.25) is 0 Å². The molecule has 14 heavy (non-hydrogen) atoms. The summed E-state index contributed by atoms with van der Waals surface area (Å²) in [6, 6.07) is 8.05. The zero-order valence-electron chi connectivity index (χ0n) is 8.68. The molecule has 0 spiro atoms. The Balaban J connectivity index is 2.25. The lowest BCUT2D eigenvalue weighted by Gasteiger charge is -2.48. The van der Waals surface area contributed by atoms with Gasteiger partial charge >= 0.3 is 0 Å². The van der Waals surface area contributed by atoms with Crippen molar-refractivity contribution in [2.45, 2.75) is 37.9 Å². The number of nitrogens with two attached hydrogens (primary N) is 1. The summed E-state index contributed by atoms with van der Waals surface area (Å²) in [6.45, 7) is 3.65. The van der Waals surface area contributed by atoms with E-state index in [9.17, 15) is 4.39 Å². The van der Waals surface area contributed by atoms with E-state index >= 15 is 0 Å². The molecule has 0 aliphatic heterocycles. The van der Waals surface area contributed by atoms with Gasteiger partial charge in [-0.2, -0.15) is 0 Å². The molecule has 1 nitrogen and oxygen atoms in total. The van der Waals surface area contributed by atoms with E-state index in [0.717, 1.165) is 5.56 Å². The first-order chi connectivity index (χ1) is 6.41. The van der Waals surface area contributed by atoms with Gasteiger partial charge in [0.15, 0.2) is 0 Å². The first-order valence-corrected chi connectivity index (χ1v) is 4.96. The smallest absolute Gasteiger partial charge is 0.112 e. The van der Waals surface area contributed by atoms with E-state index in [4.69, 9.17) is 5.73 Å². The Kier molecular flexibility index (Phi) is 1.93. The van der Waals surface area contributed by atoms with Crippen molar-refractivity contribution in [3.05, 3.63) is 35.4 Å². The average Bonchev–Trinajstić information content (AvgIpc) is 2.00. The highest BCUT2D eigenvalue weighted by Gasteiger charge is 2.51. The molecule has 1 aliphatic carbocycles. The third-order valence-electron chi connectivity index (χ3n) is 2.96. The molecule has 1 aromatic rings. The average molecular weight is 193 g/mol. The summed E-state index contributed by atoms with van der Waals surface area (Å²) in [6.07, 6.45) is 0.868. The highest BCUT2D eigenvalue weighted by atomic mass is 19.1. The maximum atomic E-state index is 13.4. The topological polar surface area (TPSA) is 26.0 Å². The van der Waals surface area contributed by atoms with Crippen LogP contribution in [0.1, 0.15) is 30.9 Å².